The molecule has 182 valence electrons. The molecule has 0 unspecified atom stereocenters. The summed E-state index contributed by atoms with van der Waals surface area (Å²) in [4.78, 5) is 9.35. The van der Waals surface area contributed by atoms with Gasteiger partial charge in [-0.15, -0.1) is 0 Å². The van der Waals surface area contributed by atoms with Gasteiger partial charge in [0.1, 0.15) is 11.5 Å². The summed E-state index contributed by atoms with van der Waals surface area (Å²) in [6, 6.07) is 43.4. The molecule has 0 bridgehead atoms. The number of nitrogens with zero attached hydrogens (tertiary/aromatic N) is 2. The number of pyridine rings is 2. The fourth-order valence-electron chi connectivity index (χ4n) is 4.42. The minimum absolute atomic E-state index is 0.192. The van der Waals surface area contributed by atoms with Gasteiger partial charge in [-0.05, 0) is 64.7 Å². The Bertz CT molecular complexity index is 1700. The zero-order valence-corrected chi connectivity index (χ0v) is 20.5. The Kier molecular flexibility index (Phi) is 6.35. The maximum Gasteiger partial charge on any atom is 0.219 e. The maximum atomic E-state index is 10.5. The molecule has 2 aromatic heterocycles. The zero-order valence-electron chi connectivity index (χ0n) is 20.5. The highest BCUT2D eigenvalue weighted by atomic mass is 16.5. The third kappa shape index (κ3) is 5.01. The Morgan fingerprint density at radius 3 is 1.92 bits per heavy atom. The predicted octanol–water partition coefficient (Wildman–Crippen LogP) is 8.64. The number of ether oxygens (including phenoxy) is 1. The van der Waals surface area contributed by atoms with E-state index in [1.54, 1.807) is 12.3 Å². The third-order valence-corrected chi connectivity index (χ3v) is 6.31. The summed E-state index contributed by atoms with van der Waals surface area (Å²) in [7, 11) is 0. The molecule has 4 heteroatoms. The molecule has 6 rings (SSSR count). The average molecular weight is 493 g/mol. The van der Waals surface area contributed by atoms with Crippen molar-refractivity contribution in [1.29, 1.82) is 0 Å². The largest absolute Gasteiger partial charge is 0.507 e. The topological polar surface area (TPSA) is 55.2 Å². The van der Waals surface area contributed by atoms with E-state index in [4.69, 9.17) is 9.72 Å². The number of rotatable bonds is 6. The highest BCUT2D eigenvalue weighted by Gasteiger charge is 2.12. The molecule has 6 aromatic rings. The van der Waals surface area contributed by atoms with Crippen LogP contribution in [0.1, 0.15) is 0 Å². The second-order valence-electron chi connectivity index (χ2n) is 8.89. The van der Waals surface area contributed by atoms with Crippen molar-refractivity contribution in [3.8, 4) is 62.1 Å². The Labute approximate surface area is 221 Å². The number of phenolic OH excluding ortho intramolecular Hbond substituents is 1. The molecule has 4 aromatic carbocycles. The summed E-state index contributed by atoms with van der Waals surface area (Å²) >= 11 is 0. The highest BCUT2D eigenvalue weighted by molar-refractivity contribution is 5.78. The van der Waals surface area contributed by atoms with E-state index < -0.39 is 0 Å². The van der Waals surface area contributed by atoms with E-state index in [0.29, 0.717) is 22.9 Å². The molecule has 0 radical (unpaired) electrons. The van der Waals surface area contributed by atoms with Gasteiger partial charge in [0.05, 0.1) is 11.4 Å². The quantitative estimate of drug-likeness (QED) is 0.253. The first-order valence-electron chi connectivity index (χ1n) is 12.4. The number of para-hydroxylation sites is 1. The van der Waals surface area contributed by atoms with Crippen LogP contribution in [0.4, 0.5) is 0 Å². The van der Waals surface area contributed by atoms with Gasteiger partial charge < -0.3 is 9.84 Å². The lowest BCUT2D eigenvalue weighted by Gasteiger charge is -2.12. The van der Waals surface area contributed by atoms with Crippen LogP contribution in [0.2, 0.25) is 0 Å². The van der Waals surface area contributed by atoms with Crippen molar-refractivity contribution in [3.63, 3.8) is 0 Å². The average Bonchev–Trinajstić information content (AvgIpc) is 2.98. The summed E-state index contributed by atoms with van der Waals surface area (Å²) in [5, 5.41) is 10.5. The first kappa shape index (κ1) is 23.2. The molecular weight excluding hydrogens is 468 g/mol. The van der Waals surface area contributed by atoms with Crippen molar-refractivity contribution in [2.45, 2.75) is 0 Å². The zero-order chi connectivity index (χ0) is 25.7. The van der Waals surface area contributed by atoms with Crippen molar-refractivity contribution in [1.82, 2.24) is 9.97 Å². The number of hydrogen-bond donors (Lipinski definition) is 1. The monoisotopic (exact) mass is 492 g/mol. The molecule has 0 saturated heterocycles. The minimum atomic E-state index is 0.192. The molecule has 0 saturated carbocycles. The van der Waals surface area contributed by atoms with Gasteiger partial charge in [0, 0.05) is 23.4 Å². The van der Waals surface area contributed by atoms with Crippen LogP contribution in [-0.4, -0.2) is 15.1 Å². The molecule has 0 atom stereocenters. The highest BCUT2D eigenvalue weighted by Crippen LogP contribution is 2.35. The Balaban J connectivity index is 1.38. The molecule has 2 heterocycles. The summed E-state index contributed by atoms with van der Waals surface area (Å²) in [5.41, 5.74) is 7.28. The number of aromatic nitrogens is 2. The lowest BCUT2D eigenvalue weighted by atomic mass is 9.99. The molecule has 38 heavy (non-hydrogen) atoms. The Hall–Kier alpha value is -5.22. The maximum absolute atomic E-state index is 10.5. The van der Waals surface area contributed by atoms with Gasteiger partial charge in [-0.2, -0.15) is 0 Å². The normalized spacial score (nSPS) is 10.7. The lowest BCUT2D eigenvalue weighted by Crippen LogP contribution is -1.93. The number of phenols is 1. The number of benzene rings is 4. The van der Waals surface area contributed by atoms with Crippen LogP contribution in [0, 0.1) is 0 Å². The number of aromatic hydroxyl groups is 1. The summed E-state index contributed by atoms with van der Waals surface area (Å²) in [5.74, 6) is 1.37. The van der Waals surface area contributed by atoms with Crippen molar-refractivity contribution >= 4 is 0 Å². The van der Waals surface area contributed by atoms with Gasteiger partial charge in [0.15, 0.2) is 0 Å². The molecular formula is C34H24N2O2. The number of hydrogen-bond acceptors (Lipinski definition) is 4. The molecule has 1 N–H and O–H groups in total. The van der Waals surface area contributed by atoms with E-state index >= 15 is 0 Å². The molecule has 0 amide bonds. The van der Waals surface area contributed by atoms with Gasteiger partial charge in [-0.1, -0.05) is 84.9 Å². The lowest BCUT2D eigenvalue weighted by molar-refractivity contribution is 0.463. The van der Waals surface area contributed by atoms with Crippen LogP contribution in [-0.2, 0) is 0 Å². The smallest absolute Gasteiger partial charge is 0.219 e. The Morgan fingerprint density at radius 2 is 1.16 bits per heavy atom. The van der Waals surface area contributed by atoms with Crippen LogP contribution in [0.5, 0.6) is 17.4 Å². The molecule has 0 fully saturated rings. The van der Waals surface area contributed by atoms with E-state index in [-0.39, 0.29) is 5.75 Å². The van der Waals surface area contributed by atoms with Crippen LogP contribution in [0.3, 0.4) is 0 Å². The molecule has 0 spiro atoms. The van der Waals surface area contributed by atoms with Crippen LogP contribution >= 0.6 is 0 Å². The second-order valence-corrected chi connectivity index (χ2v) is 8.89. The van der Waals surface area contributed by atoms with Gasteiger partial charge in [-0.25, -0.2) is 9.97 Å². The fraction of sp³-hybridized carbons (Fsp3) is 0. The van der Waals surface area contributed by atoms with Crippen LogP contribution in [0.25, 0.3) is 44.8 Å². The van der Waals surface area contributed by atoms with E-state index in [9.17, 15) is 5.11 Å². The van der Waals surface area contributed by atoms with Crippen molar-refractivity contribution < 1.29 is 9.84 Å². The third-order valence-electron chi connectivity index (χ3n) is 6.31. The van der Waals surface area contributed by atoms with Crippen molar-refractivity contribution in [3.05, 3.63) is 140 Å². The molecule has 0 aliphatic carbocycles. The molecule has 0 aliphatic rings. The second kappa shape index (κ2) is 10.4. The van der Waals surface area contributed by atoms with Crippen LogP contribution < -0.4 is 4.74 Å². The first-order chi connectivity index (χ1) is 18.7. The van der Waals surface area contributed by atoms with Gasteiger partial charge in [0.25, 0.3) is 0 Å². The van der Waals surface area contributed by atoms with Crippen molar-refractivity contribution in [2.75, 3.05) is 0 Å². The van der Waals surface area contributed by atoms with E-state index in [1.165, 1.54) is 0 Å². The van der Waals surface area contributed by atoms with E-state index in [1.807, 2.05) is 97.1 Å². The van der Waals surface area contributed by atoms with Gasteiger partial charge in [0.2, 0.25) is 5.88 Å². The summed E-state index contributed by atoms with van der Waals surface area (Å²) in [6.07, 6.45) is 1.75. The Morgan fingerprint density at radius 1 is 0.500 bits per heavy atom. The van der Waals surface area contributed by atoms with E-state index in [2.05, 4.69) is 35.3 Å². The van der Waals surface area contributed by atoms with Crippen molar-refractivity contribution in [2.24, 2.45) is 0 Å². The first-order valence-corrected chi connectivity index (χ1v) is 12.4. The van der Waals surface area contributed by atoms with Gasteiger partial charge in [-0.3, -0.25) is 0 Å². The SMILES string of the molecule is Oc1ccccc1-c1cc(-c2ccccc2)cc(-c2cccc(Oc3cc(-c4ccccc4)ccn3)c2)n1. The summed E-state index contributed by atoms with van der Waals surface area (Å²) < 4.78 is 6.17. The minimum Gasteiger partial charge on any atom is -0.507 e. The van der Waals surface area contributed by atoms with E-state index in [0.717, 1.165) is 33.5 Å². The standard InChI is InChI=1S/C34H24N2O2/c37-33-17-8-7-16-30(33)32-22-28(25-12-5-2-6-13-25)21-31(36-32)27-14-9-15-29(20-27)38-34-23-26(18-19-35-34)24-10-3-1-4-11-24/h1-23,37H. The molecule has 0 aliphatic heterocycles. The summed E-state index contributed by atoms with van der Waals surface area (Å²) in [6.45, 7) is 0. The fourth-order valence-corrected chi connectivity index (χ4v) is 4.42. The van der Waals surface area contributed by atoms with Crippen LogP contribution in [0.15, 0.2) is 140 Å². The predicted molar refractivity (Wildman–Crippen MR) is 152 cm³/mol. The van der Waals surface area contributed by atoms with Gasteiger partial charge >= 0.3 is 0 Å². The molecule has 4 nitrogen and oxygen atoms in total.